The number of nitrogens with zero attached hydrogens (tertiary/aromatic N) is 3. The molecule has 0 aliphatic carbocycles. The molecular weight excluding hydrogens is 418 g/mol. The smallest absolute Gasteiger partial charge is 0.330 e. The Morgan fingerprint density at radius 3 is 2.69 bits per heavy atom. The molecule has 0 atom stereocenters. The lowest BCUT2D eigenvalue weighted by atomic mass is 10.1. The van der Waals surface area contributed by atoms with Gasteiger partial charge in [-0.25, -0.2) is 4.79 Å². The molecule has 1 aliphatic heterocycles. The standard InChI is InChI=1S/C22H21N3O7/c1-13(22(28)29)3-2-8-30-21(27)7-5-14-4-6-15-16(9-14)24-25(23-15)17-10-19-20(11-18(17)26)32-12-31-19/h3-4,6,9-11,26H,2,5,7-8,12H2,1H3,(H,28,29)/b13-3+. The van der Waals surface area contributed by atoms with Crippen molar-refractivity contribution in [1.29, 1.82) is 0 Å². The molecule has 10 heteroatoms. The van der Waals surface area contributed by atoms with Crippen molar-refractivity contribution >= 4 is 23.0 Å². The Hall–Kier alpha value is -4.08. The van der Waals surface area contributed by atoms with Crippen LogP contribution in [-0.4, -0.2) is 50.5 Å². The summed E-state index contributed by atoms with van der Waals surface area (Å²) in [5, 5.41) is 27.9. The van der Waals surface area contributed by atoms with Crippen LogP contribution in [0.2, 0.25) is 0 Å². The van der Waals surface area contributed by atoms with Gasteiger partial charge < -0.3 is 24.4 Å². The number of aliphatic carboxylic acids is 1. The van der Waals surface area contributed by atoms with Crippen molar-refractivity contribution < 1.29 is 34.0 Å². The molecule has 0 saturated heterocycles. The molecule has 0 radical (unpaired) electrons. The number of benzene rings is 2. The van der Waals surface area contributed by atoms with E-state index in [1.165, 1.54) is 23.9 Å². The maximum atomic E-state index is 11.9. The van der Waals surface area contributed by atoms with Crippen LogP contribution < -0.4 is 9.47 Å². The van der Waals surface area contributed by atoms with E-state index in [4.69, 9.17) is 19.3 Å². The molecule has 0 amide bonds. The van der Waals surface area contributed by atoms with Gasteiger partial charge in [0.2, 0.25) is 6.79 Å². The number of phenols is 1. The first kappa shape index (κ1) is 21.2. The van der Waals surface area contributed by atoms with E-state index in [0.717, 1.165) is 5.56 Å². The molecule has 2 heterocycles. The third kappa shape index (κ3) is 4.64. The third-order valence-electron chi connectivity index (χ3n) is 4.92. The lowest BCUT2D eigenvalue weighted by molar-refractivity contribution is -0.143. The van der Waals surface area contributed by atoms with Gasteiger partial charge in [0.15, 0.2) is 11.5 Å². The van der Waals surface area contributed by atoms with Crippen molar-refractivity contribution in [2.24, 2.45) is 0 Å². The highest BCUT2D eigenvalue weighted by molar-refractivity contribution is 5.85. The molecule has 2 aromatic carbocycles. The molecule has 0 fully saturated rings. The van der Waals surface area contributed by atoms with Gasteiger partial charge in [-0.3, -0.25) is 4.79 Å². The van der Waals surface area contributed by atoms with E-state index in [1.807, 2.05) is 12.1 Å². The maximum absolute atomic E-state index is 11.9. The summed E-state index contributed by atoms with van der Waals surface area (Å²) >= 11 is 0. The maximum Gasteiger partial charge on any atom is 0.330 e. The molecule has 0 bridgehead atoms. The number of carboxylic acid groups (broad SMARTS) is 1. The van der Waals surface area contributed by atoms with Crippen LogP contribution in [0.15, 0.2) is 42.0 Å². The number of carbonyl (C=O) groups excluding carboxylic acids is 1. The number of hydrogen-bond acceptors (Lipinski definition) is 8. The molecule has 1 aliphatic rings. The lowest BCUT2D eigenvalue weighted by Gasteiger charge is -2.04. The van der Waals surface area contributed by atoms with E-state index in [2.05, 4.69) is 10.2 Å². The summed E-state index contributed by atoms with van der Waals surface area (Å²) in [7, 11) is 0. The van der Waals surface area contributed by atoms with Crippen molar-refractivity contribution in [1.82, 2.24) is 15.0 Å². The van der Waals surface area contributed by atoms with Crippen molar-refractivity contribution in [2.45, 2.75) is 26.2 Å². The number of hydrogen-bond donors (Lipinski definition) is 2. The first-order valence-corrected chi connectivity index (χ1v) is 9.95. The zero-order valence-electron chi connectivity index (χ0n) is 17.3. The van der Waals surface area contributed by atoms with E-state index >= 15 is 0 Å². The number of esters is 1. The molecule has 4 rings (SSSR count). The summed E-state index contributed by atoms with van der Waals surface area (Å²) in [4.78, 5) is 24.0. The molecule has 0 unspecified atom stereocenters. The molecule has 2 N–H and O–H groups in total. The van der Waals surface area contributed by atoms with Crippen LogP contribution >= 0.6 is 0 Å². The molecule has 166 valence electrons. The number of fused-ring (bicyclic) bond motifs is 2. The zero-order valence-corrected chi connectivity index (χ0v) is 17.3. The van der Waals surface area contributed by atoms with Crippen LogP contribution in [0, 0.1) is 0 Å². The summed E-state index contributed by atoms with van der Waals surface area (Å²) in [5.74, 6) is -0.416. The average molecular weight is 439 g/mol. The van der Waals surface area contributed by atoms with Gasteiger partial charge in [0.25, 0.3) is 0 Å². The van der Waals surface area contributed by atoms with E-state index in [1.54, 1.807) is 12.1 Å². The predicted octanol–water partition coefficient (Wildman–Crippen LogP) is 2.75. The number of carboxylic acids is 1. The minimum atomic E-state index is -0.989. The summed E-state index contributed by atoms with van der Waals surface area (Å²) in [5.41, 5.74) is 2.72. The third-order valence-corrected chi connectivity index (χ3v) is 4.92. The molecule has 0 spiro atoms. The van der Waals surface area contributed by atoms with Crippen molar-refractivity contribution in [2.75, 3.05) is 13.4 Å². The largest absolute Gasteiger partial charge is 0.505 e. The van der Waals surface area contributed by atoms with Gasteiger partial charge in [0.1, 0.15) is 22.5 Å². The van der Waals surface area contributed by atoms with E-state index in [-0.39, 0.29) is 37.1 Å². The lowest BCUT2D eigenvalue weighted by Crippen LogP contribution is -2.07. The van der Waals surface area contributed by atoms with Crippen LogP contribution in [0.25, 0.3) is 16.7 Å². The second-order valence-electron chi connectivity index (χ2n) is 7.21. The van der Waals surface area contributed by atoms with Crippen LogP contribution in [0.1, 0.15) is 25.3 Å². The highest BCUT2D eigenvalue weighted by Gasteiger charge is 2.19. The summed E-state index contributed by atoms with van der Waals surface area (Å²) in [6.07, 6.45) is 2.52. The Balaban J connectivity index is 1.38. The Morgan fingerprint density at radius 1 is 1.16 bits per heavy atom. The van der Waals surface area contributed by atoms with Crippen molar-refractivity contribution in [3.63, 3.8) is 0 Å². The van der Waals surface area contributed by atoms with Gasteiger partial charge in [-0.05, 0) is 31.0 Å². The van der Waals surface area contributed by atoms with E-state index < -0.39 is 5.97 Å². The number of rotatable bonds is 8. The Labute approximate surface area is 182 Å². The SMILES string of the molecule is C/C(=C\CCOC(=O)CCc1ccc2nn(-c3cc4c(cc3O)OCO4)nc2c1)C(=O)O. The highest BCUT2D eigenvalue weighted by Crippen LogP contribution is 2.39. The van der Waals surface area contributed by atoms with Gasteiger partial charge in [-0.15, -0.1) is 15.0 Å². The van der Waals surface area contributed by atoms with Gasteiger partial charge in [0.05, 0.1) is 6.61 Å². The minimum absolute atomic E-state index is 0.0362. The van der Waals surface area contributed by atoms with Crippen molar-refractivity contribution in [3.8, 4) is 22.9 Å². The summed E-state index contributed by atoms with van der Waals surface area (Å²) in [6.45, 7) is 1.72. The van der Waals surface area contributed by atoms with Crippen LogP contribution in [0.5, 0.6) is 17.2 Å². The van der Waals surface area contributed by atoms with Crippen LogP contribution in [0.4, 0.5) is 0 Å². The predicted molar refractivity (Wildman–Crippen MR) is 112 cm³/mol. The number of aromatic nitrogens is 3. The van der Waals surface area contributed by atoms with E-state index in [0.29, 0.717) is 41.1 Å². The Kier molecular flexibility index (Phi) is 5.93. The Bertz CT molecular complexity index is 1220. The fraction of sp³-hybridized carbons (Fsp3) is 0.273. The van der Waals surface area contributed by atoms with Gasteiger partial charge in [0, 0.05) is 30.5 Å². The number of ether oxygens (including phenoxy) is 3. The number of aromatic hydroxyl groups is 1. The molecular formula is C22H21N3O7. The second kappa shape index (κ2) is 8.96. The fourth-order valence-corrected chi connectivity index (χ4v) is 3.16. The molecule has 32 heavy (non-hydrogen) atoms. The van der Waals surface area contributed by atoms with Gasteiger partial charge in [-0.2, -0.15) is 0 Å². The number of phenolic OH excluding ortho intramolecular Hbond substituents is 1. The van der Waals surface area contributed by atoms with Gasteiger partial charge in [-0.1, -0.05) is 12.1 Å². The number of carbonyl (C=O) groups is 2. The molecule has 0 saturated carbocycles. The van der Waals surface area contributed by atoms with Crippen LogP contribution in [0.3, 0.4) is 0 Å². The zero-order chi connectivity index (χ0) is 22.7. The summed E-state index contributed by atoms with van der Waals surface area (Å²) < 4.78 is 15.7. The molecule has 10 nitrogen and oxygen atoms in total. The molecule has 3 aromatic rings. The monoisotopic (exact) mass is 439 g/mol. The highest BCUT2D eigenvalue weighted by atomic mass is 16.7. The topological polar surface area (TPSA) is 133 Å². The quantitative estimate of drug-likeness (QED) is 0.309. The number of aryl methyl sites for hydroxylation is 1. The van der Waals surface area contributed by atoms with Crippen LogP contribution in [-0.2, 0) is 20.7 Å². The normalized spacial score (nSPS) is 12.8. The van der Waals surface area contributed by atoms with Gasteiger partial charge >= 0.3 is 11.9 Å². The first-order valence-electron chi connectivity index (χ1n) is 9.95. The fourth-order valence-electron chi connectivity index (χ4n) is 3.16. The molecule has 1 aromatic heterocycles. The Morgan fingerprint density at radius 2 is 1.91 bits per heavy atom. The minimum Gasteiger partial charge on any atom is -0.505 e. The summed E-state index contributed by atoms with van der Waals surface area (Å²) in [6, 6.07) is 8.55. The second-order valence-corrected chi connectivity index (χ2v) is 7.21. The van der Waals surface area contributed by atoms with Crippen molar-refractivity contribution in [3.05, 3.63) is 47.5 Å². The first-order chi connectivity index (χ1) is 15.4. The van der Waals surface area contributed by atoms with E-state index in [9.17, 15) is 14.7 Å². The average Bonchev–Trinajstić information content (AvgIpc) is 3.40.